The van der Waals surface area contributed by atoms with Gasteiger partial charge in [-0.15, -0.1) is 6.42 Å². The van der Waals surface area contributed by atoms with Gasteiger partial charge < -0.3 is 14.8 Å². The molecule has 8 heteroatoms. The zero-order chi connectivity index (χ0) is 24.2. The summed E-state index contributed by atoms with van der Waals surface area (Å²) in [6.07, 6.45) is 8.16. The number of aromatic nitrogens is 2. The molecule has 0 radical (unpaired) electrons. The number of carbonyl (C=O) groups excluding carboxylic acids is 1. The molecule has 0 unspecified atom stereocenters. The minimum absolute atomic E-state index is 0.0747. The van der Waals surface area contributed by atoms with Crippen LogP contribution in [0.2, 0.25) is 0 Å². The molecule has 2 atom stereocenters. The molecular formula is C26H27N5O3. The second-order valence-electron chi connectivity index (χ2n) is 8.91. The van der Waals surface area contributed by atoms with Gasteiger partial charge in [0.2, 0.25) is 0 Å². The lowest BCUT2D eigenvalue weighted by Gasteiger charge is -2.36. The lowest BCUT2D eigenvalue weighted by Crippen LogP contribution is -2.39. The minimum atomic E-state index is -0.467. The Morgan fingerprint density at radius 3 is 2.56 bits per heavy atom. The average molecular weight is 458 g/mol. The summed E-state index contributed by atoms with van der Waals surface area (Å²) in [6.45, 7) is 6.03. The third-order valence-corrected chi connectivity index (χ3v) is 6.02. The molecule has 1 saturated heterocycles. The third kappa shape index (κ3) is 4.79. The van der Waals surface area contributed by atoms with Crippen LogP contribution in [0.5, 0.6) is 0 Å². The summed E-state index contributed by atoms with van der Waals surface area (Å²) in [4.78, 5) is 31.1. The van der Waals surface area contributed by atoms with Crippen molar-refractivity contribution in [2.75, 3.05) is 23.3 Å². The number of nitrogens with zero attached hydrogens (tertiary/aromatic N) is 4. The van der Waals surface area contributed by atoms with Crippen LogP contribution in [0.15, 0.2) is 54.9 Å². The molecule has 2 heterocycles. The first kappa shape index (κ1) is 23.1. The van der Waals surface area contributed by atoms with E-state index in [1.807, 2.05) is 35.2 Å². The van der Waals surface area contributed by atoms with Gasteiger partial charge in [0.25, 0.3) is 11.6 Å². The molecule has 4 rings (SSSR count). The summed E-state index contributed by atoms with van der Waals surface area (Å²) in [5.74, 6) is 3.42. The Hall–Kier alpha value is -4.12. The highest BCUT2D eigenvalue weighted by molar-refractivity contribution is 6.06. The molecule has 174 valence electrons. The highest BCUT2D eigenvalue weighted by Crippen LogP contribution is 2.34. The average Bonchev–Trinajstić information content (AvgIpc) is 3.21. The van der Waals surface area contributed by atoms with Gasteiger partial charge in [0, 0.05) is 30.3 Å². The maximum atomic E-state index is 13.2. The number of hydrogen-bond acceptors (Lipinski definition) is 5. The lowest BCUT2D eigenvalue weighted by atomic mass is 9.91. The summed E-state index contributed by atoms with van der Waals surface area (Å²) in [7, 11) is 0. The first-order chi connectivity index (χ1) is 16.4. The van der Waals surface area contributed by atoms with Gasteiger partial charge in [-0.05, 0) is 30.4 Å². The van der Waals surface area contributed by atoms with E-state index in [2.05, 4.69) is 30.1 Å². The number of benzene rings is 2. The molecule has 34 heavy (non-hydrogen) atoms. The Morgan fingerprint density at radius 2 is 1.91 bits per heavy atom. The second kappa shape index (κ2) is 9.79. The Labute approximate surface area is 198 Å². The van der Waals surface area contributed by atoms with E-state index in [4.69, 9.17) is 6.42 Å². The Morgan fingerprint density at radius 1 is 1.21 bits per heavy atom. The summed E-state index contributed by atoms with van der Waals surface area (Å²) in [6, 6.07) is 14.1. The van der Waals surface area contributed by atoms with Gasteiger partial charge in [-0.3, -0.25) is 14.9 Å². The predicted octanol–water partition coefficient (Wildman–Crippen LogP) is 4.83. The Bertz CT molecular complexity index is 1240. The molecule has 0 aliphatic carbocycles. The monoisotopic (exact) mass is 457 g/mol. The number of hydrogen-bond donors (Lipinski definition) is 1. The van der Waals surface area contributed by atoms with Crippen molar-refractivity contribution in [3.63, 3.8) is 0 Å². The number of carbonyl (C=O) groups is 1. The third-order valence-electron chi connectivity index (χ3n) is 6.02. The molecule has 0 spiro atoms. The van der Waals surface area contributed by atoms with Gasteiger partial charge in [-0.2, -0.15) is 0 Å². The van der Waals surface area contributed by atoms with Gasteiger partial charge in [0.05, 0.1) is 17.8 Å². The van der Waals surface area contributed by atoms with Gasteiger partial charge in [-0.1, -0.05) is 50.1 Å². The number of rotatable bonds is 6. The molecule has 2 aromatic carbocycles. The van der Waals surface area contributed by atoms with Crippen LogP contribution >= 0.6 is 0 Å². The van der Waals surface area contributed by atoms with Crippen LogP contribution in [0.25, 0.3) is 11.3 Å². The van der Waals surface area contributed by atoms with E-state index in [1.54, 1.807) is 23.0 Å². The van der Waals surface area contributed by atoms with Crippen LogP contribution in [-0.4, -0.2) is 33.5 Å². The number of nitro groups is 1. The molecule has 0 bridgehead atoms. The number of nitrogens with one attached hydrogen (secondary N) is 1. The topological polar surface area (TPSA) is 93.3 Å². The summed E-state index contributed by atoms with van der Waals surface area (Å²) < 4.78 is 1.67. The van der Waals surface area contributed by atoms with Crippen molar-refractivity contribution < 1.29 is 9.72 Å². The number of anilines is 2. The number of piperidine rings is 1. The van der Waals surface area contributed by atoms with E-state index in [9.17, 15) is 14.9 Å². The number of imidazole rings is 1. The molecule has 1 N–H and O–H groups in total. The SMILES string of the molecule is C#CCn1cnc(-c2ccccc2)c1NC(=O)c1ccc(N2C[C@@H](C)C[C@H](C)C2)c([N+](=O)[O-])c1. The van der Waals surface area contributed by atoms with Gasteiger partial charge >= 0.3 is 0 Å². The minimum Gasteiger partial charge on any atom is -0.365 e. The first-order valence-corrected chi connectivity index (χ1v) is 11.3. The van der Waals surface area contributed by atoms with Crippen molar-refractivity contribution in [3.8, 4) is 23.6 Å². The fourth-order valence-corrected chi connectivity index (χ4v) is 4.66. The standard InChI is InChI=1S/C26H27N5O3/c1-4-12-29-17-27-24(20-8-6-5-7-9-20)25(29)28-26(32)21-10-11-22(23(14-21)31(33)34)30-15-18(2)13-19(3)16-30/h1,5-11,14,17-19H,12-13,15-16H2,2-3H3,(H,28,32)/t18-,19-/m0/s1. The molecule has 1 aromatic heterocycles. The maximum Gasteiger partial charge on any atom is 0.293 e. The number of terminal acetylenes is 1. The van der Waals surface area contributed by atoms with E-state index in [1.165, 1.54) is 6.07 Å². The van der Waals surface area contributed by atoms with Crippen LogP contribution in [0.1, 0.15) is 30.6 Å². The molecule has 1 aliphatic rings. The molecule has 1 fully saturated rings. The molecule has 0 saturated carbocycles. The van der Waals surface area contributed by atoms with Crippen molar-refractivity contribution in [3.05, 3.63) is 70.5 Å². The van der Waals surface area contributed by atoms with Gasteiger partial charge in [-0.25, -0.2) is 4.98 Å². The number of amides is 1. The Balaban J connectivity index is 1.66. The fraction of sp³-hybridized carbons (Fsp3) is 0.308. The van der Waals surface area contributed by atoms with Crippen LogP contribution in [0.3, 0.4) is 0 Å². The van der Waals surface area contributed by atoms with Crippen molar-refractivity contribution in [2.45, 2.75) is 26.8 Å². The van der Waals surface area contributed by atoms with Gasteiger partial charge in [0.15, 0.2) is 0 Å². The lowest BCUT2D eigenvalue weighted by molar-refractivity contribution is -0.384. The number of nitro benzene ring substituents is 1. The molecule has 1 amide bonds. The zero-order valence-corrected chi connectivity index (χ0v) is 19.3. The van der Waals surface area contributed by atoms with Gasteiger partial charge in [0.1, 0.15) is 17.2 Å². The van der Waals surface area contributed by atoms with Crippen LogP contribution in [-0.2, 0) is 6.54 Å². The largest absolute Gasteiger partial charge is 0.365 e. The zero-order valence-electron chi connectivity index (χ0n) is 19.3. The summed E-state index contributed by atoms with van der Waals surface area (Å²) in [5, 5.41) is 14.8. The predicted molar refractivity (Wildman–Crippen MR) is 133 cm³/mol. The highest BCUT2D eigenvalue weighted by atomic mass is 16.6. The Kier molecular flexibility index (Phi) is 6.64. The summed E-state index contributed by atoms with van der Waals surface area (Å²) in [5.41, 5.74) is 2.06. The van der Waals surface area contributed by atoms with Crippen molar-refractivity contribution in [1.29, 1.82) is 0 Å². The first-order valence-electron chi connectivity index (χ1n) is 11.3. The molecule has 1 aliphatic heterocycles. The van der Waals surface area contributed by atoms with E-state index in [-0.39, 0.29) is 17.8 Å². The highest BCUT2D eigenvalue weighted by Gasteiger charge is 2.28. The van der Waals surface area contributed by atoms with Crippen molar-refractivity contribution >= 4 is 23.1 Å². The normalized spacial score (nSPS) is 17.7. The van der Waals surface area contributed by atoms with Crippen molar-refractivity contribution in [1.82, 2.24) is 9.55 Å². The molecular weight excluding hydrogens is 430 g/mol. The van der Waals surface area contributed by atoms with Crippen LogP contribution < -0.4 is 10.2 Å². The van der Waals surface area contributed by atoms with E-state index >= 15 is 0 Å². The summed E-state index contributed by atoms with van der Waals surface area (Å²) >= 11 is 0. The van der Waals surface area contributed by atoms with Crippen LogP contribution in [0, 0.1) is 34.3 Å². The van der Waals surface area contributed by atoms with E-state index in [0.717, 1.165) is 25.1 Å². The van der Waals surface area contributed by atoms with E-state index < -0.39 is 10.8 Å². The fourth-order valence-electron chi connectivity index (χ4n) is 4.66. The smallest absolute Gasteiger partial charge is 0.293 e. The molecule has 3 aromatic rings. The quantitative estimate of drug-likeness (QED) is 0.325. The van der Waals surface area contributed by atoms with Crippen LogP contribution in [0.4, 0.5) is 17.2 Å². The van der Waals surface area contributed by atoms with Crippen molar-refractivity contribution in [2.24, 2.45) is 11.8 Å². The second-order valence-corrected chi connectivity index (χ2v) is 8.91. The van der Waals surface area contributed by atoms with E-state index in [0.29, 0.717) is 29.0 Å². The molecule has 8 nitrogen and oxygen atoms in total. The maximum absolute atomic E-state index is 13.2.